The van der Waals surface area contributed by atoms with Gasteiger partial charge in [0.15, 0.2) is 0 Å². The smallest absolute Gasteiger partial charge is 0.0703 e. The van der Waals surface area contributed by atoms with E-state index >= 15 is 0 Å². The predicted molar refractivity (Wildman–Crippen MR) is 59.7 cm³/mol. The molecule has 1 N–H and O–H groups in total. The topological polar surface area (TPSA) is 30.5 Å². The summed E-state index contributed by atoms with van der Waals surface area (Å²) in [6, 6.07) is 0.485. The molecule has 0 aliphatic heterocycles. The molecule has 0 aliphatic carbocycles. The summed E-state index contributed by atoms with van der Waals surface area (Å²) >= 11 is 0. The Bertz CT molecular complexity index is 118. The lowest BCUT2D eigenvalue weighted by Gasteiger charge is -2.16. The van der Waals surface area contributed by atoms with Crippen molar-refractivity contribution in [2.24, 2.45) is 0 Å². The van der Waals surface area contributed by atoms with Crippen molar-refractivity contribution in [3.05, 3.63) is 0 Å². The molecule has 0 saturated carbocycles. The molecule has 0 aliphatic rings. The van der Waals surface area contributed by atoms with E-state index in [1.165, 1.54) is 0 Å². The van der Waals surface area contributed by atoms with E-state index in [4.69, 9.17) is 9.47 Å². The van der Waals surface area contributed by atoms with Gasteiger partial charge < -0.3 is 14.8 Å². The highest BCUT2D eigenvalue weighted by molar-refractivity contribution is 4.61. The van der Waals surface area contributed by atoms with Crippen molar-refractivity contribution in [1.82, 2.24) is 5.32 Å². The minimum Gasteiger partial charge on any atom is -0.377 e. The van der Waals surface area contributed by atoms with E-state index in [-0.39, 0.29) is 0 Å². The third-order valence-electron chi connectivity index (χ3n) is 1.98. The summed E-state index contributed by atoms with van der Waals surface area (Å²) < 4.78 is 10.9. The van der Waals surface area contributed by atoms with Gasteiger partial charge >= 0.3 is 0 Å². The maximum atomic E-state index is 5.50. The van der Waals surface area contributed by atoms with Crippen LogP contribution in [-0.4, -0.2) is 38.5 Å². The molecule has 14 heavy (non-hydrogen) atoms. The first kappa shape index (κ1) is 13.9. The molecular weight excluding hydrogens is 178 g/mol. The minimum atomic E-state index is 0.300. The van der Waals surface area contributed by atoms with E-state index in [1.807, 2.05) is 13.8 Å². The highest BCUT2D eigenvalue weighted by Crippen LogP contribution is 1.93. The largest absolute Gasteiger partial charge is 0.377 e. The van der Waals surface area contributed by atoms with Crippen molar-refractivity contribution in [1.29, 1.82) is 0 Å². The number of rotatable bonds is 9. The van der Waals surface area contributed by atoms with Gasteiger partial charge in [-0.1, -0.05) is 13.8 Å². The average Bonchev–Trinajstić information content (AvgIpc) is 2.15. The van der Waals surface area contributed by atoms with E-state index in [1.54, 1.807) is 0 Å². The van der Waals surface area contributed by atoms with Gasteiger partial charge in [0.05, 0.1) is 25.9 Å². The van der Waals surface area contributed by atoms with Gasteiger partial charge in [-0.2, -0.15) is 0 Å². The number of likely N-dealkylation sites (N-methyl/N-ethyl adjacent to an activating group) is 1. The third kappa shape index (κ3) is 8.48. The third-order valence-corrected chi connectivity index (χ3v) is 1.98. The second kappa shape index (κ2) is 9.44. The second-order valence-corrected chi connectivity index (χ2v) is 3.66. The van der Waals surface area contributed by atoms with Crippen LogP contribution in [0.4, 0.5) is 0 Å². The lowest BCUT2D eigenvalue weighted by Crippen LogP contribution is -2.33. The molecule has 0 fully saturated rings. The molecule has 86 valence electrons. The molecular formula is C11H25NO2. The number of hydrogen-bond donors (Lipinski definition) is 1. The van der Waals surface area contributed by atoms with Crippen LogP contribution in [0.15, 0.2) is 0 Å². The summed E-state index contributed by atoms with van der Waals surface area (Å²) in [6.07, 6.45) is 1.41. The van der Waals surface area contributed by atoms with Crippen molar-refractivity contribution in [2.75, 3.05) is 26.4 Å². The highest BCUT2D eigenvalue weighted by atomic mass is 16.5. The second-order valence-electron chi connectivity index (χ2n) is 3.66. The van der Waals surface area contributed by atoms with Crippen molar-refractivity contribution >= 4 is 0 Å². The molecule has 0 heterocycles. The molecule has 0 bridgehead atoms. The zero-order chi connectivity index (χ0) is 10.8. The summed E-state index contributed by atoms with van der Waals surface area (Å²) in [4.78, 5) is 0. The van der Waals surface area contributed by atoms with Crippen molar-refractivity contribution in [3.63, 3.8) is 0 Å². The van der Waals surface area contributed by atoms with Crippen LogP contribution in [0.2, 0.25) is 0 Å². The Morgan fingerprint density at radius 2 is 1.86 bits per heavy atom. The summed E-state index contributed by atoms with van der Waals surface area (Å²) in [5.41, 5.74) is 0. The van der Waals surface area contributed by atoms with Crippen LogP contribution in [0, 0.1) is 0 Å². The first-order valence-electron chi connectivity index (χ1n) is 5.63. The first-order chi connectivity index (χ1) is 6.70. The molecule has 0 saturated heterocycles. The summed E-state index contributed by atoms with van der Waals surface area (Å²) in [6.45, 7) is 11.5. The normalized spacial score (nSPS) is 13.5. The fraction of sp³-hybridized carbons (Fsp3) is 1.00. The van der Waals surface area contributed by atoms with Crippen LogP contribution < -0.4 is 5.32 Å². The Labute approximate surface area is 88.2 Å². The van der Waals surface area contributed by atoms with E-state index in [0.29, 0.717) is 25.4 Å². The molecule has 0 spiro atoms. The lowest BCUT2D eigenvalue weighted by molar-refractivity contribution is 0.0137. The van der Waals surface area contributed by atoms with E-state index in [0.717, 1.165) is 19.6 Å². The van der Waals surface area contributed by atoms with E-state index in [2.05, 4.69) is 19.2 Å². The van der Waals surface area contributed by atoms with Gasteiger partial charge in [0.25, 0.3) is 0 Å². The van der Waals surface area contributed by atoms with Gasteiger partial charge in [-0.15, -0.1) is 0 Å². The SMILES string of the molecule is CCNC(CC)COCCOC(C)C. The van der Waals surface area contributed by atoms with Gasteiger partial charge in [-0.3, -0.25) is 0 Å². The van der Waals surface area contributed by atoms with Crippen molar-refractivity contribution < 1.29 is 9.47 Å². The number of nitrogens with one attached hydrogen (secondary N) is 1. The van der Waals surface area contributed by atoms with Crippen LogP contribution in [0.25, 0.3) is 0 Å². The maximum absolute atomic E-state index is 5.50. The van der Waals surface area contributed by atoms with Gasteiger partial charge in [0.2, 0.25) is 0 Å². The maximum Gasteiger partial charge on any atom is 0.0703 e. The summed E-state index contributed by atoms with van der Waals surface area (Å²) in [5.74, 6) is 0. The van der Waals surface area contributed by atoms with Gasteiger partial charge in [-0.05, 0) is 26.8 Å². The van der Waals surface area contributed by atoms with Gasteiger partial charge in [0, 0.05) is 6.04 Å². The fourth-order valence-corrected chi connectivity index (χ4v) is 1.18. The van der Waals surface area contributed by atoms with Crippen molar-refractivity contribution in [2.45, 2.75) is 46.3 Å². The van der Waals surface area contributed by atoms with Crippen LogP contribution in [0.3, 0.4) is 0 Å². The quantitative estimate of drug-likeness (QED) is 0.580. The Balaban J connectivity index is 3.24. The molecule has 1 unspecified atom stereocenters. The fourth-order valence-electron chi connectivity index (χ4n) is 1.18. The Morgan fingerprint density at radius 3 is 2.36 bits per heavy atom. The molecule has 0 aromatic heterocycles. The first-order valence-corrected chi connectivity index (χ1v) is 5.63. The number of hydrogen-bond acceptors (Lipinski definition) is 3. The molecule has 3 nitrogen and oxygen atoms in total. The standard InChI is InChI=1S/C11H25NO2/c1-5-11(12-6-2)9-13-7-8-14-10(3)4/h10-12H,5-9H2,1-4H3. The van der Waals surface area contributed by atoms with Crippen LogP contribution in [-0.2, 0) is 9.47 Å². The predicted octanol–water partition coefficient (Wildman–Crippen LogP) is 1.82. The summed E-state index contributed by atoms with van der Waals surface area (Å²) in [5, 5.41) is 3.37. The Morgan fingerprint density at radius 1 is 1.14 bits per heavy atom. The molecule has 0 aromatic carbocycles. The van der Waals surface area contributed by atoms with Crippen molar-refractivity contribution in [3.8, 4) is 0 Å². The van der Waals surface area contributed by atoms with E-state index in [9.17, 15) is 0 Å². The van der Waals surface area contributed by atoms with Crippen LogP contribution in [0.5, 0.6) is 0 Å². The highest BCUT2D eigenvalue weighted by Gasteiger charge is 2.03. The molecule has 0 radical (unpaired) electrons. The van der Waals surface area contributed by atoms with Crippen LogP contribution in [0.1, 0.15) is 34.1 Å². The van der Waals surface area contributed by atoms with Gasteiger partial charge in [0.1, 0.15) is 0 Å². The molecule has 1 atom stereocenters. The lowest BCUT2D eigenvalue weighted by atomic mass is 10.2. The molecule has 3 heteroatoms. The Kier molecular flexibility index (Phi) is 9.35. The zero-order valence-corrected chi connectivity index (χ0v) is 10.0. The van der Waals surface area contributed by atoms with Crippen LogP contribution >= 0.6 is 0 Å². The van der Waals surface area contributed by atoms with E-state index < -0.39 is 0 Å². The molecule has 0 rings (SSSR count). The minimum absolute atomic E-state index is 0.300. The summed E-state index contributed by atoms with van der Waals surface area (Å²) in [7, 11) is 0. The zero-order valence-electron chi connectivity index (χ0n) is 10.0. The Hall–Kier alpha value is -0.120. The average molecular weight is 203 g/mol. The number of ether oxygens (including phenoxy) is 2. The molecule has 0 aromatic rings. The monoisotopic (exact) mass is 203 g/mol. The van der Waals surface area contributed by atoms with Gasteiger partial charge in [-0.25, -0.2) is 0 Å². The molecule has 0 amide bonds.